The largest absolute Gasteiger partial charge is 0.399 e. The molecule has 0 amide bonds. The minimum Gasteiger partial charge on any atom is -0.399 e. The van der Waals surface area contributed by atoms with Gasteiger partial charge in [-0.25, -0.2) is 8.42 Å². The van der Waals surface area contributed by atoms with Crippen LogP contribution in [0.5, 0.6) is 0 Å². The van der Waals surface area contributed by atoms with E-state index in [4.69, 9.17) is 17.3 Å². The van der Waals surface area contributed by atoms with Gasteiger partial charge in [-0.2, -0.15) is 0 Å². The first kappa shape index (κ1) is 14.9. The second kappa shape index (κ2) is 5.46. The summed E-state index contributed by atoms with van der Waals surface area (Å²) in [6.45, 7) is 3.83. The highest BCUT2D eigenvalue weighted by atomic mass is 35.5. The van der Waals surface area contributed by atoms with E-state index in [0.717, 1.165) is 16.7 Å². The van der Waals surface area contributed by atoms with Gasteiger partial charge < -0.3 is 5.73 Å². The second-order valence-electron chi connectivity index (χ2n) is 4.88. The van der Waals surface area contributed by atoms with Crippen LogP contribution in [0.3, 0.4) is 0 Å². The lowest BCUT2D eigenvalue weighted by Crippen LogP contribution is -2.07. The number of hydrogen-bond donors (Lipinski definition) is 1. The van der Waals surface area contributed by atoms with Gasteiger partial charge in [0.25, 0.3) is 0 Å². The third-order valence-corrected chi connectivity index (χ3v) is 5.28. The van der Waals surface area contributed by atoms with Crippen molar-refractivity contribution in [1.82, 2.24) is 0 Å². The van der Waals surface area contributed by atoms with E-state index < -0.39 is 9.84 Å². The lowest BCUT2D eigenvalue weighted by Gasteiger charge is -2.10. The van der Waals surface area contributed by atoms with Gasteiger partial charge in [-0.05, 0) is 43.2 Å². The minimum atomic E-state index is -3.49. The van der Waals surface area contributed by atoms with Crippen LogP contribution in [0.1, 0.15) is 16.7 Å². The van der Waals surface area contributed by atoms with Crippen LogP contribution >= 0.6 is 11.6 Å². The van der Waals surface area contributed by atoms with Crippen molar-refractivity contribution in [3.63, 3.8) is 0 Å². The highest BCUT2D eigenvalue weighted by molar-refractivity contribution is 7.90. The summed E-state index contributed by atoms with van der Waals surface area (Å²) in [5, 5.41) is 0.162. The number of nitrogens with two attached hydrogens (primary N) is 1. The monoisotopic (exact) mass is 309 g/mol. The number of sulfone groups is 1. The summed E-state index contributed by atoms with van der Waals surface area (Å²) in [5.41, 5.74) is 8.80. The fraction of sp³-hybridized carbons (Fsp3) is 0.200. The molecule has 0 unspecified atom stereocenters. The zero-order valence-corrected chi connectivity index (χ0v) is 12.9. The first-order chi connectivity index (χ1) is 9.29. The maximum absolute atomic E-state index is 12.5. The van der Waals surface area contributed by atoms with Crippen molar-refractivity contribution in [3.05, 3.63) is 58.1 Å². The van der Waals surface area contributed by atoms with Crippen molar-refractivity contribution >= 4 is 27.1 Å². The normalized spacial score (nSPS) is 11.6. The molecular formula is C15H16ClNO2S. The van der Waals surface area contributed by atoms with Crippen molar-refractivity contribution in [2.45, 2.75) is 24.5 Å². The van der Waals surface area contributed by atoms with E-state index in [-0.39, 0.29) is 15.7 Å². The number of nitrogen functional groups attached to an aromatic ring is 1. The third kappa shape index (κ3) is 3.14. The van der Waals surface area contributed by atoms with E-state index in [1.54, 1.807) is 6.07 Å². The highest BCUT2D eigenvalue weighted by Crippen LogP contribution is 2.27. The van der Waals surface area contributed by atoms with Crippen LogP contribution in [0.25, 0.3) is 0 Å². The first-order valence-electron chi connectivity index (χ1n) is 6.13. The number of aryl methyl sites for hydroxylation is 2. The summed E-state index contributed by atoms with van der Waals surface area (Å²) in [5.74, 6) is -0.0653. The average molecular weight is 310 g/mol. The van der Waals surface area contributed by atoms with E-state index in [9.17, 15) is 8.42 Å². The molecule has 0 spiro atoms. The summed E-state index contributed by atoms with van der Waals surface area (Å²) in [4.78, 5) is 0.120. The van der Waals surface area contributed by atoms with Crippen LogP contribution < -0.4 is 5.73 Å². The van der Waals surface area contributed by atoms with Crippen LogP contribution in [0, 0.1) is 13.8 Å². The second-order valence-corrected chi connectivity index (χ2v) is 7.24. The third-order valence-electron chi connectivity index (χ3n) is 3.14. The minimum absolute atomic E-state index is 0.0653. The summed E-state index contributed by atoms with van der Waals surface area (Å²) < 4.78 is 24.9. The molecule has 2 aromatic carbocycles. The molecule has 0 saturated carbocycles. The molecule has 0 aliphatic rings. The Kier molecular flexibility index (Phi) is 4.06. The Morgan fingerprint density at radius 1 is 1.10 bits per heavy atom. The standard InChI is InChI=1S/C15H16ClNO2S/c1-10-3-4-11(2)12(7-10)9-20(18,19)15-6-5-13(17)8-14(15)16/h3-8H,9,17H2,1-2H3. The molecule has 106 valence electrons. The van der Waals surface area contributed by atoms with Crippen LogP contribution in [-0.2, 0) is 15.6 Å². The molecule has 5 heteroatoms. The van der Waals surface area contributed by atoms with Gasteiger partial charge >= 0.3 is 0 Å². The van der Waals surface area contributed by atoms with Gasteiger partial charge in [-0.1, -0.05) is 35.4 Å². The van der Waals surface area contributed by atoms with E-state index in [2.05, 4.69) is 0 Å². The van der Waals surface area contributed by atoms with Crippen molar-refractivity contribution in [1.29, 1.82) is 0 Å². The van der Waals surface area contributed by atoms with Crippen molar-refractivity contribution in [2.75, 3.05) is 5.73 Å². The number of benzene rings is 2. The summed E-state index contributed by atoms with van der Waals surface area (Å²) in [7, 11) is -3.49. The van der Waals surface area contributed by atoms with Crippen LogP contribution in [0.4, 0.5) is 5.69 Å². The molecule has 20 heavy (non-hydrogen) atoms. The van der Waals surface area contributed by atoms with Gasteiger partial charge in [0.15, 0.2) is 9.84 Å². The van der Waals surface area contributed by atoms with E-state index in [1.165, 1.54) is 12.1 Å². The van der Waals surface area contributed by atoms with Crippen molar-refractivity contribution in [3.8, 4) is 0 Å². The van der Waals surface area contributed by atoms with Gasteiger partial charge in [-0.3, -0.25) is 0 Å². The summed E-state index contributed by atoms with van der Waals surface area (Å²) >= 11 is 5.99. The Labute approximate surface area is 124 Å². The maximum atomic E-state index is 12.5. The van der Waals surface area contributed by atoms with Crippen molar-refractivity contribution < 1.29 is 8.42 Å². The highest BCUT2D eigenvalue weighted by Gasteiger charge is 2.19. The maximum Gasteiger partial charge on any atom is 0.183 e. The molecule has 0 fully saturated rings. The number of halogens is 1. The molecule has 0 aromatic heterocycles. The molecule has 0 aliphatic heterocycles. The molecule has 0 atom stereocenters. The zero-order valence-electron chi connectivity index (χ0n) is 11.4. The molecule has 0 heterocycles. The topological polar surface area (TPSA) is 60.2 Å². The molecular weight excluding hydrogens is 294 g/mol. The van der Waals surface area contributed by atoms with Crippen LogP contribution in [0.15, 0.2) is 41.3 Å². The Morgan fingerprint density at radius 3 is 2.45 bits per heavy atom. The Morgan fingerprint density at radius 2 is 1.80 bits per heavy atom. The molecule has 0 saturated heterocycles. The average Bonchev–Trinajstić information content (AvgIpc) is 2.33. The first-order valence-corrected chi connectivity index (χ1v) is 8.16. The van der Waals surface area contributed by atoms with Gasteiger partial charge in [0.2, 0.25) is 0 Å². The summed E-state index contributed by atoms with van der Waals surface area (Å²) in [6.07, 6.45) is 0. The lowest BCUT2D eigenvalue weighted by molar-refractivity contribution is 0.595. The van der Waals surface area contributed by atoms with E-state index in [0.29, 0.717) is 5.69 Å². The molecule has 0 radical (unpaired) electrons. The van der Waals surface area contributed by atoms with Crippen LogP contribution in [-0.4, -0.2) is 8.42 Å². The number of hydrogen-bond acceptors (Lipinski definition) is 3. The molecule has 0 bridgehead atoms. The smallest absolute Gasteiger partial charge is 0.183 e. The predicted octanol–water partition coefficient (Wildman–Crippen LogP) is 3.51. The molecule has 2 aromatic rings. The Balaban J connectivity index is 2.43. The Bertz CT molecular complexity index is 754. The quantitative estimate of drug-likeness (QED) is 0.883. The van der Waals surface area contributed by atoms with Gasteiger partial charge in [0, 0.05) is 5.69 Å². The van der Waals surface area contributed by atoms with E-state index in [1.807, 2.05) is 32.0 Å². The molecule has 2 rings (SSSR count). The van der Waals surface area contributed by atoms with Crippen molar-refractivity contribution in [2.24, 2.45) is 0 Å². The lowest BCUT2D eigenvalue weighted by atomic mass is 10.1. The SMILES string of the molecule is Cc1ccc(C)c(CS(=O)(=O)c2ccc(N)cc2Cl)c1. The van der Waals surface area contributed by atoms with Crippen LogP contribution in [0.2, 0.25) is 5.02 Å². The fourth-order valence-corrected chi connectivity index (χ4v) is 4.06. The number of rotatable bonds is 3. The Hall–Kier alpha value is -1.52. The van der Waals surface area contributed by atoms with Gasteiger partial charge in [0.1, 0.15) is 0 Å². The number of anilines is 1. The van der Waals surface area contributed by atoms with Gasteiger partial charge in [-0.15, -0.1) is 0 Å². The molecule has 3 nitrogen and oxygen atoms in total. The fourth-order valence-electron chi connectivity index (χ4n) is 2.01. The molecule has 2 N–H and O–H groups in total. The molecule has 0 aliphatic carbocycles. The van der Waals surface area contributed by atoms with Gasteiger partial charge in [0.05, 0.1) is 15.7 Å². The zero-order chi connectivity index (χ0) is 14.9. The summed E-state index contributed by atoms with van der Waals surface area (Å²) in [6, 6.07) is 10.2. The predicted molar refractivity (Wildman–Crippen MR) is 82.7 cm³/mol. The van der Waals surface area contributed by atoms with E-state index >= 15 is 0 Å².